The van der Waals surface area contributed by atoms with E-state index in [9.17, 15) is 0 Å². The molecule has 72 valence electrons. The van der Waals surface area contributed by atoms with Crippen molar-refractivity contribution >= 4 is 39.3 Å². The quantitative estimate of drug-likeness (QED) is 0.725. The van der Waals surface area contributed by atoms with Crippen LogP contribution in [-0.4, -0.2) is 0 Å². The van der Waals surface area contributed by atoms with Crippen molar-refractivity contribution < 1.29 is 4.52 Å². The van der Waals surface area contributed by atoms with Crippen molar-refractivity contribution in [3.8, 4) is 5.75 Å². The summed E-state index contributed by atoms with van der Waals surface area (Å²) in [4.78, 5) is -2.64. The molecule has 1 aromatic rings. The summed E-state index contributed by atoms with van der Waals surface area (Å²) in [6.45, 7) is 4.02. The molecule has 13 heavy (non-hydrogen) atoms. The Labute approximate surface area is 92.7 Å². The van der Waals surface area contributed by atoms with Crippen molar-refractivity contribution in [2.24, 2.45) is 0 Å². The fourth-order valence-corrected chi connectivity index (χ4v) is 1.99. The van der Waals surface area contributed by atoms with Crippen molar-refractivity contribution in [3.05, 3.63) is 29.3 Å². The molecule has 0 aliphatic heterocycles. The summed E-state index contributed by atoms with van der Waals surface area (Å²) < 4.78 is 5.19. The second kappa shape index (κ2) is 4.18. The minimum atomic E-state index is -2.64. The number of rotatable bonds is 2. The zero-order chi connectivity index (χ0) is 10.1. The molecular formula is C8H9Cl2OPS. The monoisotopic (exact) mass is 254 g/mol. The predicted molar refractivity (Wildman–Crippen MR) is 62.5 cm³/mol. The predicted octanol–water partition coefficient (Wildman–Crippen LogP) is 4.38. The Morgan fingerprint density at radius 1 is 1.23 bits per heavy atom. The zero-order valence-corrected chi connectivity index (χ0v) is 10.5. The molecule has 0 unspecified atom stereocenters. The van der Waals surface area contributed by atoms with E-state index in [1.165, 1.54) is 5.56 Å². The minimum Gasteiger partial charge on any atom is -0.441 e. The van der Waals surface area contributed by atoms with Crippen LogP contribution in [0.25, 0.3) is 0 Å². The Hall–Kier alpha value is 0.250. The van der Waals surface area contributed by atoms with Crippen molar-refractivity contribution in [3.63, 3.8) is 0 Å². The molecule has 0 heterocycles. The Morgan fingerprint density at radius 3 is 2.31 bits per heavy atom. The zero-order valence-electron chi connectivity index (χ0n) is 7.25. The van der Waals surface area contributed by atoms with Gasteiger partial charge in [0, 0.05) is 0 Å². The molecule has 5 heteroatoms. The third kappa shape index (κ3) is 3.86. The first-order chi connectivity index (χ1) is 5.88. The van der Waals surface area contributed by atoms with Crippen molar-refractivity contribution in [2.45, 2.75) is 13.8 Å². The van der Waals surface area contributed by atoms with Crippen molar-refractivity contribution in [2.75, 3.05) is 0 Å². The summed E-state index contributed by atoms with van der Waals surface area (Å²) in [6.07, 6.45) is 0. The fraction of sp³-hybridized carbons (Fsp3) is 0.250. The highest BCUT2D eigenvalue weighted by Gasteiger charge is 2.10. The SMILES string of the molecule is Cc1ccc(OP(=S)(Cl)Cl)cc1C. The Bertz CT molecular complexity index is 361. The molecule has 0 fully saturated rings. The van der Waals surface area contributed by atoms with Crippen LogP contribution in [0.5, 0.6) is 5.75 Å². The van der Waals surface area contributed by atoms with E-state index in [0.29, 0.717) is 5.75 Å². The Kier molecular flexibility index (Phi) is 3.64. The van der Waals surface area contributed by atoms with Gasteiger partial charge in [0.05, 0.1) is 0 Å². The van der Waals surface area contributed by atoms with E-state index in [1.54, 1.807) is 0 Å². The molecule has 0 saturated carbocycles. The maximum absolute atomic E-state index is 5.63. The molecular weight excluding hydrogens is 246 g/mol. The third-order valence-corrected chi connectivity index (χ3v) is 2.75. The highest BCUT2D eigenvalue weighted by atomic mass is 35.9. The van der Waals surface area contributed by atoms with Gasteiger partial charge in [0.15, 0.2) is 0 Å². The summed E-state index contributed by atoms with van der Waals surface area (Å²) in [5.41, 5.74) is 2.33. The Balaban J connectivity index is 2.92. The molecule has 0 spiro atoms. The van der Waals surface area contributed by atoms with Gasteiger partial charge in [0.2, 0.25) is 0 Å². The highest BCUT2D eigenvalue weighted by Crippen LogP contribution is 2.57. The van der Waals surface area contributed by atoms with Crippen molar-refractivity contribution in [1.29, 1.82) is 0 Å². The lowest BCUT2D eigenvalue weighted by molar-refractivity contribution is 0.635. The maximum atomic E-state index is 5.63. The average molecular weight is 255 g/mol. The van der Waals surface area contributed by atoms with Crippen LogP contribution >= 0.6 is 27.5 Å². The van der Waals surface area contributed by atoms with Gasteiger partial charge in [-0.25, -0.2) is 0 Å². The molecule has 0 saturated heterocycles. The number of hydrogen-bond acceptors (Lipinski definition) is 2. The van der Waals surface area contributed by atoms with Crippen LogP contribution in [0.1, 0.15) is 11.1 Å². The van der Waals surface area contributed by atoms with Gasteiger partial charge in [0.1, 0.15) is 5.75 Å². The van der Waals surface area contributed by atoms with Gasteiger partial charge in [-0.05, 0) is 71.4 Å². The molecule has 0 radical (unpaired) electrons. The smallest absolute Gasteiger partial charge is 0.289 e. The molecule has 1 aromatic carbocycles. The van der Waals surface area contributed by atoms with Gasteiger partial charge in [-0.2, -0.15) is 0 Å². The first-order valence-corrected chi connectivity index (χ1v) is 8.18. The minimum absolute atomic E-state index is 0.636. The molecule has 0 aromatic heterocycles. The van der Waals surface area contributed by atoms with Crippen LogP contribution in [0, 0.1) is 13.8 Å². The molecule has 1 nitrogen and oxygen atoms in total. The van der Waals surface area contributed by atoms with Crippen LogP contribution in [0.15, 0.2) is 18.2 Å². The van der Waals surface area contributed by atoms with Gasteiger partial charge in [0.25, 0.3) is 4.97 Å². The van der Waals surface area contributed by atoms with Gasteiger partial charge in [-0.15, -0.1) is 0 Å². The van der Waals surface area contributed by atoms with Crippen LogP contribution < -0.4 is 4.52 Å². The molecule has 0 aliphatic carbocycles. The highest BCUT2D eigenvalue weighted by molar-refractivity contribution is 8.36. The molecule has 0 bridgehead atoms. The fourth-order valence-electron chi connectivity index (χ4n) is 0.893. The van der Waals surface area contributed by atoms with Gasteiger partial charge >= 0.3 is 0 Å². The van der Waals surface area contributed by atoms with E-state index >= 15 is 0 Å². The van der Waals surface area contributed by atoms with Crippen LogP contribution in [-0.2, 0) is 11.8 Å². The lowest BCUT2D eigenvalue weighted by Gasteiger charge is -2.10. The number of halogens is 2. The largest absolute Gasteiger partial charge is 0.441 e. The summed E-state index contributed by atoms with van der Waals surface area (Å²) in [7, 11) is 0. The van der Waals surface area contributed by atoms with Crippen LogP contribution in [0.4, 0.5) is 0 Å². The van der Waals surface area contributed by atoms with E-state index in [-0.39, 0.29) is 0 Å². The number of aryl methyl sites for hydroxylation is 2. The molecule has 0 N–H and O–H groups in total. The lowest BCUT2D eigenvalue weighted by atomic mass is 10.1. The standard InChI is InChI=1S/C8H9Cl2OPS/c1-6-3-4-8(5-7(6)2)11-12(9,10)13/h3-5H,1-2H3. The number of hydrogen-bond donors (Lipinski definition) is 0. The second-order valence-electron chi connectivity index (χ2n) is 2.75. The summed E-state index contributed by atoms with van der Waals surface area (Å²) in [6, 6.07) is 5.64. The van der Waals surface area contributed by atoms with Gasteiger partial charge in [-0.1, -0.05) is 6.07 Å². The lowest BCUT2D eigenvalue weighted by Crippen LogP contribution is -1.84. The first kappa shape index (κ1) is 11.3. The van der Waals surface area contributed by atoms with E-state index in [2.05, 4.69) is 0 Å². The van der Waals surface area contributed by atoms with Gasteiger partial charge < -0.3 is 4.52 Å². The van der Waals surface area contributed by atoms with E-state index in [1.807, 2.05) is 32.0 Å². The summed E-state index contributed by atoms with van der Waals surface area (Å²) in [5.74, 6) is 0.636. The molecule has 0 atom stereocenters. The van der Waals surface area contributed by atoms with Gasteiger partial charge in [-0.3, -0.25) is 0 Å². The van der Waals surface area contributed by atoms with Crippen molar-refractivity contribution in [1.82, 2.24) is 0 Å². The normalized spacial score (nSPS) is 11.4. The van der Waals surface area contributed by atoms with Crippen LogP contribution in [0.2, 0.25) is 0 Å². The molecule has 1 rings (SSSR count). The Morgan fingerprint density at radius 2 is 1.85 bits per heavy atom. The second-order valence-corrected chi connectivity index (χ2v) is 9.88. The third-order valence-electron chi connectivity index (χ3n) is 1.69. The summed E-state index contributed by atoms with van der Waals surface area (Å²) in [5, 5.41) is 0. The van der Waals surface area contributed by atoms with E-state index in [4.69, 9.17) is 38.8 Å². The first-order valence-electron chi connectivity index (χ1n) is 3.65. The van der Waals surface area contributed by atoms with E-state index < -0.39 is 4.97 Å². The number of benzene rings is 1. The molecule has 0 amide bonds. The summed E-state index contributed by atoms with van der Waals surface area (Å²) >= 11 is 16.0. The maximum Gasteiger partial charge on any atom is 0.289 e. The average Bonchev–Trinajstić information content (AvgIpc) is 1.94. The van der Waals surface area contributed by atoms with Crippen LogP contribution in [0.3, 0.4) is 0 Å². The van der Waals surface area contributed by atoms with E-state index in [0.717, 1.165) is 5.56 Å². The topological polar surface area (TPSA) is 9.23 Å². The molecule has 0 aliphatic rings.